The van der Waals surface area contributed by atoms with Gasteiger partial charge in [-0.05, 0) is 26.7 Å². The van der Waals surface area contributed by atoms with E-state index >= 15 is 0 Å². The summed E-state index contributed by atoms with van der Waals surface area (Å²) in [6, 6.07) is 0. The van der Waals surface area contributed by atoms with Gasteiger partial charge >= 0.3 is 0 Å². The van der Waals surface area contributed by atoms with Crippen LogP contribution in [0.15, 0.2) is 6.33 Å². The van der Waals surface area contributed by atoms with E-state index in [2.05, 4.69) is 15.3 Å². The second-order valence-corrected chi connectivity index (χ2v) is 4.20. The maximum Gasteiger partial charge on any atom is 0.186 e. The highest BCUT2D eigenvalue weighted by atomic mass is 19.1. The fourth-order valence-corrected chi connectivity index (χ4v) is 1.15. The molecule has 3 nitrogen and oxygen atoms in total. The van der Waals surface area contributed by atoms with Crippen LogP contribution in [0.1, 0.15) is 39.8 Å². The van der Waals surface area contributed by atoms with Crippen LogP contribution in [-0.2, 0) is 6.42 Å². The minimum absolute atomic E-state index is 0.153. The van der Waals surface area contributed by atoms with Gasteiger partial charge in [0.25, 0.3) is 0 Å². The van der Waals surface area contributed by atoms with E-state index in [9.17, 15) is 4.39 Å². The van der Waals surface area contributed by atoms with Gasteiger partial charge in [0.1, 0.15) is 6.33 Å². The monoisotopic (exact) mass is 211 g/mol. The van der Waals surface area contributed by atoms with Crippen LogP contribution in [0.2, 0.25) is 0 Å². The molecular weight excluding hydrogens is 193 g/mol. The van der Waals surface area contributed by atoms with Gasteiger partial charge in [0, 0.05) is 5.54 Å². The Labute approximate surface area is 90.1 Å². The highest BCUT2D eigenvalue weighted by Gasteiger charge is 2.18. The maximum absolute atomic E-state index is 13.8. The summed E-state index contributed by atoms with van der Waals surface area (Å²) < 4.78 is 13.8. The van der Waals surface area contributed by atoms with Crippen LogP contribution in [0.5, 0.6) is 0 Å². The molecule has 15 heavy (non-hydrogen) atoms. The Kier molecular flexibility index (Phi) is 3.61. The molecule has 0 aliphatic rings. The van der Waals surface area contributed by atoms with Gasteiger partial charge in [-0.2, -0.15) is 0 Å². The number of halogens is 1. The third-order valence-corrected chi connectivity index (χ3v) is 2.54. The maximum atomic E-state index is 13.8. The van der Waals surface area contributed by atoms with Gasteiger partial charge in [-0.3, -0.25) is 0 Å². The molecule has 0 saturated heterocycles. The summed E-state index contributed by atoms with van der Waals surface area (Å²) in [5.74, 6) is -0.0322. The first kappa shape index (κ1) is 11.9. The molecule has 1 aromatic rings. The van der Waals surface area contributed by atoms with Crippen LogP contribution >= 0.6 is 0 Å². The molecule has 1 aromatic heterocycles. The molecule has 0 aromatic carbocycles. The van der Waals surface area contributed by atoms with Crippen molar-refractivity contribution in [3.8, 4) is 0 Å². The fraction of sp³-hybridized carbons (Fsp3) is 0.636. The first-order valence-corrected chi connectivity index (χ1v) is 5.27. The van der Waals surface area contributed by atoms with Crippen LogP contribution in [0.25, 0.3) is 0 Å². The smallest absolute Gasteiger partial charge is 0.186 e. The summed E-state index contributed by atoms with van der Waals surface area (Å²) in [5.41, 5.74) is 0.305. The fourth-order valence-electron chi connectivity index (χ4n) is 1.15. The Bertz CT molecular complexity index is 337. The van der Waals surface area contributed by atoms with Crippen molar-refractivity contribution in [3.05, 3.63) is 17.8 Å². The van der Waals surface area contributed by atoms with E-state index in [-0.39, 0.29) is 11.4 Å². The second-order valence-electron chi connectivity index (χ2n) is 4.20. The minimum Gasteiger partial charge on any atom is -0.363 e. The third kappa shape index (κ3) is 2.88. The highest BCUT2D eigenvalue weighted by Crippen LogP contribution is 2.19. The van der Waals surface area contributed by atoms with Gasteiger partial charge in [0.2, 0.25) is 0 Å². The minimum atomic E-state index is -0.332. The van der Waals surface area contributed by atoms with Crippen molar-refractivity contribution >= 4 is 5.82 Å². The Balaban J connectivity index is 2.95. The molecule has 1 heterocycles. The molecule has 4 heteroatoms. The molecule has 0 aliphatic heterocycles. The number of aryl methyl sites for hydroxylation is 1. The van der Waals surface area contributed by atoms with Crippen molar-refractivity contribution in [2.75, 3.05) is 5.32 Å². The van der Waals surface area contributed by atoms with E-state index in [0.717, 1.165) is 6.42 Å². The Morgan fingerprint density at radius 1 is 1.33 bits per heavy atom. The van der Waals surface area contributed by atoms with Gasteiger partial charge in [0.05, 0.1) is 5.69 Å². The normalized spacial score (nSPS) is 11.5. The number of hydrogen-bond donors (Lipinski definition) is 1. The summed E-state index contributed by atoms with van der Waals surface area (Å²) >= 11 is 0. The summed E-state index contributed by atoms with van der Waals surface area (Å²) in [5, 5.41) is 3.08. The predicted molar refractivity (Wildman–Crippen MR) is 59.4 cm³/mol. The number of rotatable bonds is 4. The standard InChI is InChI=1S/C11H18FN3/c1-5-8-9(12)10(14-7-13-8)15-11(3,4)6-2/h7H,5-6H2,1-4H3,(H,13,14,15). The number of anilines is 1. The summed E-state index contributed by atoms with van der Waals surface area (Å²) in [4.78, 5) is 7.81. The second kappa shape index (κ2) is 4.55. The lowest BCUT2D eigenvalue weighted by Gasteiger charge is -2.25. The van der Waals surface area contributed by atoms with Gasteiger partial charge in [-0.1, -0.05) is 13.8 Å². The van der Waals surface area contributed by atoms with E-state index < -0.39 is 0 Å². The largest absolute Gasteiger partial charge is 0.363 e. The molecule has 0 saturated carbocycles. The van der Waals surface area contributed by atoms with Crippen molar-refractivity contribution in [2.45, 2.75) is 46.1 Å². The lowest BCUT2D eigenvalue weighted by molar-refractivity contribution is 0.528. The zero-order chi connectivity index (χ0) is 11.5. The molecule has 84 valence electrons. The summed E-state index contributed by atoms with van der Waals surface area (Å²) in [7, 11) is 0. The molecule has 0 amide bonds. The Morgan fingerprint density at radius 2 is 2.00 bits per heavy atom. The van der Waals surface area contributed by atoms with Gasteiger partial charge in [0.15, 0.2) is 11.6 Å². The molecule has 1 N–H and O–H groups in total. The molecule has 0 radical (unpaired) electrons. The van der Waals surface area contributed by atoms with Crippen LogP contribution < -0.4 is 5.32 Å². The van der Waals surface area contributed by atoms with Crippen LogP contribution in [0.4, 0.5) is 10.2 Å². The van der Waals surface area contributed by atoms with Crippen molar-refractivity contribution in [1.29, 1.82) is 0 Å². The van der Waals surface area contributed by atoms with Crippen LogP contribution in [0, 0.1) is 5.82 Å². The first-order valence-electron chi connectivity index (χ1n) is 5.27. The molecule has 0 fully saturated rings. The summed E-state index contributed by atoms with van der Waals surface area (Å²) in [6.45, 7) is 7.95. The number of nitrogens with one attached hydrogen (secondary N) is 1. The number of hydrogen-bond acceptors (Lipinski definition) is 3. The Morgan fingerprint density at radius 3 is 2.53 bits per heavy atom. The molecule has 0 spiro atoms. The zero-order valence-electron chi connectivity index (χ0n) is 9.76. The van der Waals surface area contributed by atoms with Crippen molar-refractivity contribution < 1.29 is 4.39 Å². The lowest BCUT2D eigenvalue weighted by atomic mass is 10.0. The zero-order valence-corrected chi connectivity index (χ0v) is 9.76. The average Bonchev–Trinajstić information content (AvgIpc) is 2.21. The SMILES string of the molecule is CCc1ncnc(NC(C)(C)CC)c1F. The average molecular weight is 211 g/mol. The van der Waals surface area contributed by atoms with E-state index in [4.69, 9.17) is 0 Å². The first-order chi connectivity index (χ1) is 7.00. The third-order valence-electron chi connectivity index (χ3n) is 2.54. The van der Waals surface area contributed by atoms with Gasteiger partial charge in [-0.25, -0.2) is 14.4 Å². The molecule has 1 rings (SSSR count). The quantitative estimate of drug-likeness (QED) is 0.832. The van der Waals surface area contributed by atoms with E-state index in [1.54, 1.807) is 0 Å². The van der Waals surface area contributed by atoms with Crippen molar-refractivity contribution in [2.24, 2.45) is 0 Å². The van der Waals surface area contributed by atoms with Gasteiger partial charge in [-0.15, -0.1) is 0 Å². The number of aromatic nitrogens is 2. The lowest BCUT2D eigenvalue weighted by Crippen LogP contribution is -2.31. The van der Waals surface area contributed by atoms with Crippen LogP contribution in [-0.4, -0.2) is 15.5 Å². The summed E-state index contributed by atoms with van der Waals surface area (Å²) in [6.07, 6.45) is 2.88. The predicted octanol–water partition coefficient (Wildman–Crippen LogP) is 2.78. The van der Waals surface area contributed by atoms with Crippen molar-refractivity contribution in [3.63, 3.8) is 0 Å². The number of nitrogens with zero attached hydrogens (tertiary/aromatic N) is 2. The topological polar surface area (TPSA) is 37.8 Å². The molecule has 0 bridgehead atoms. The van der Waals surface area contributed by atoms with Crippen LogP contribution in [0.3, 0.4) is 0 Å². The van der Waals surface area contributed by atoms with E-state index in [1.165, 1.54) is 6.33 Å². The molecule has 0 unspecified atom stereocenters. The highest BCUT2D eigenvalue weighted by molar-refractivity contribution is 5.39. The Hall–Kier alpha value is -1.19. The van der Waals surface area contributed by atoms with Crippen molar-refractivity contribution in [1.82, 2.24) is 9.97 Å². The molecule has 0 atom stereocenters. The van der Waals surface area contributed by atoms with E-state index in [1.807, 2.05) is 27.7 Å². The van der Waals surface area contributed by atoms with E-state index in [0.29, 0.717) is 17.9 Å². The van der Waals surface area contributed by atoms with Gasteiger partial charge < -0.3 is 5.32 Å². The molecule has 0 aliphatic carbocycles. The molecular formula is C11H18FN3.